The van der Waals surface area contributed by atoms with Crippen LogP contribution in [-0.2, 0) is 9.53 Å². The molecule has 1 unspecified atom stereocenters. The van der Waals surface area contributed by atoms with E-state index in [1.54, 1.807) is 0 Å². The molecule has 1 saturated heterocycles. The number of hydrogen-bond acceptors (Lipinski definition) is 3. The number of aliphatic carboxylic acids is 1. The van der Waals surface area contributed by atoms with Gasteiger partial charge in [0.05, 0.1) is 6.61 Å². The van der Waals surface area contributed by atoms with Gasteiger partial charge in [0.1, 0.15) is 6.04 Å². The third-order valence-electron chi connectivity index (χ3n) is 3.18. The first-order valence-electron chi connectivity index (χ1n) is 5.32. The lowest BCUT2D eigenvalue weighted by molar-refractivity contribution is -0.150. The number of likely N-dealkylation sites (tertiary alicyclic amines) is 1. The predicted octanol–water partition coefficient (Wildman–Crippen LogP) is 1.06. The molecule has 1 atom stereocenters. The zero-order valence-corrected chi connectivity index (χ0v) is 9.99. The minimum absolute atomic E-state index is 0.270. The van der Waals surface area contributed by atoms with E-state index in [4.69, 9.17) is 9.84 Å². The van der Waals surface area contributed by atoms with Crippen LogP contribution in [0, 0.1) is 11.3 Å². The fraction of sp³-hybridized carbons (Fsp3) is 0.909. The molecular formula is C11H21NO3. The molecule has 1 heterocycles. The average Bonchev–Trinajstić information content (AvgIpc) is 1.97. The van der Waals surface area contributed by atoms with E-state index in [0.717, 1.165) is 13.1 Å². The van der Waals surface area contributed by atoms with Crippen LogP contribution in [0.15, 0.2) is 0 Å². The number of methoxy groups -OCH3 is 1. The summed E-state index contributed by atoms with van der Waals surface area (Å²) in [5, 5.41) is 9.01. The van der Waals surface area contributed by atoms with Gasteiger partial charge in [0, 0.05) is 20.2 Å². The summed E-state index contributed by atoms with van der Waals surface area (Å²) in [7, 11) is 1.54. The summed E-state index contributed by atoms with van der Waals surface area (Å²) >= 11 is 0. The van der Waals surface area contributed by atoms with Crippen molar-refractivity contribution in [1.29, 1.82) is 0 Å². The zero-order valence-electron chi connectivity index (χ0n) is 9.99. The van der Waals surface area contributed by atoms with E-state index in [1.807, 2.05) is 4.90 Å². The Morgan fingerprint density at radius 3 is 2.40 bits per heavy atom. The van der Waals surface area contributed by atoms with Crippen molar-refractivity contribution in [3.63, 3.8) is 0 Å². The fourth-order valence-corrected chi connectivity index (χ4v) is 1.81. The number of carboxylic acid groups (broad SMARTS) is 1. The Morgan fingerprint density at radius 1 is 1.53 bits per heavy atom. The SMILES string of the molecule is COCC(C(=O)O)N1CC(C(C)(C)C)C1. The molecule has 4 nitrogen and oxygen atoms in total. The first kappa shape index (κ1) is 12.5. The normalized spacial score (nSPS) is 21.1. The van der Waals surface area contributed by atoms with Crippen LogP contribution in [-0.4, -0.2) is 48.8 Å². The molecule has 1 rings (SSSR count). The second-order valence-electron chi connectivity index (χ2n) is 5.33. The number of hydrogen-bond donors (Lipinski definition) is 1. The van der Waals surface area contributed by atoms with Crippen molar-refractivity contribution in [2.24, 2.45) is 11.3 Å². The van der Waals surface area contributed by atoms with Crippen LogP contribution < -0.4 is 0 Å². The van der Waals surface area contributed by atoms with E-state index in [2.05, 4.69) is 20.8 Å². The highest BCUT2D eigenvalue weighted by Crippen LogP contribution is 2.34. The number of carbonyl (C=O) groups is 1. The van der Waals surface area contributed by atoms with Gasteiger partial charge in [-0.2, -0.15) is 0 Å². The molecule has 1 aliphatic heterocycles. The molecule has 0 aromatic carbocycles. The Bertz CT molecular complexity index is 228. The van der Waals surface area contributed by atoms with Crippen LogP contribution >= 0.6 is 0 Å². The van der Waals surface area contributed by atoms with Crippen LogP contribution in [0.5, 0.6) is 0 Å². The number of rotatable bonds is 4. The highest BCUT2D eigenvalue weighted by atomic mass is 16.5. The van der Waals surface area contributed by atoms with Gasteiger partial charge in [-0.25, -0.2) is 0 Å². The molecule has 0 aromatic rings. The maximum Gasteiger partial charge on any atom is 0.323 e. The molecule has 15 heavy (non-hydrogen) atoms. The molecule has 4 heteroatoms. The van der Waals surface area contributed by atoms with E-state index < -0.39 is 12.0 Å². The predicted molar refractivity (Wildman–Crippen MR) is 57.8 cm³/mol. The highest BCUT2D eigenvalue weighted by molar-refractivity contribution is 5.73. The van der Waals surface area contributed by atoms with Crippen LogP contribution in [0.4, 0.5) is 0 Å². The van der Waals surface area contributed by atoms with Gasteiger partial charge in [-0.3, -0.25) is 9.69 Å². The van der Waals surface area contributed by atoms with Gasteiger partial charge in [0.25, 0.3) is 0 Å². The molecule has 0 bridgehead atoms. The Balaban J connectivity index is 2.45. The lowest BCUT2D eigenvalue weighted by Gasteiger charge is -2.48. The lowest BCUT2D eigenvalue weighted by Crippen LogP contribution is -2.59. The molecular weight excluding hydrogens is 194 g/mol. The second kappa shape index (κ2) is 4.49. The quantitative estimate of drug-likeness (QED) is 0.762. The van der Waals surface area contributed by atoms with Crippen molar-refractivity contribution in [3.05, 3.63) is 0 Å². The minimum atomic E-state index is -0.788. The summed E-state index contributed by atoms with van der Waals surface area (Å²) < 4.78 is 4.92. The van der Waals surface area contributed by atoms with Crippen molar-refractivity contribution < 1.29 is 14.6 Å². The lowest BCUT2D eigenvalue weighted by atomic mass is 9.75. The van der Waals surface area contributed by atoms with E-state index in [0.29, 0.717) is 5.92 Å². The molecule has 0 aromatic heterocycles. The molecule has 88 valence electrons. The Hall–Kier alpha value is -0.610. The van der Waals surface area contributed by atoms with Gasteiger partial charge >= 0.3 is 5.97 Å². The Labute approximate surface area is 91.2 Å². The molecule has 1 fully saturated rings. The summed E-state index contributed by atoms with van der Waals surface area (Å²) in [6, 6.07) is -0.478. The smallest absolute Gasteiger partial charge is 0.323 e. The minimum Gasteiger partial charge on any atom is -0.480 e. The zero-order chi connectivity index (χ0) is 11.6. The van der Waals surface area contributed by atoms with Crippen molar-refractivity contribution in [3.8, 4) is 0 Å². The number of carboxylic acids is 1. The van der Waals surface area contributed by atoms with Crippen LogP contribution in [0.25, 0.3) is 0 Å². The number of nitrogens with zero attached hydrogens (tertiary/aromatic N) is 1. The highest BCUT2D eigenvalue weighted by Gasteiger charge is 2.41. The van der Waals surface area contributed by atoms with Gasteiger partial charge in [0.2, 0.25) is 0 Å². The summed E-state index contributed by atoms with van der Waals surface area (Å²) in [6.07, 6.45) is 0. The summed E-state index contributed by atoms with van der Waals surface area (Å²) in [5.41, 5.74) is 0.270. The summed E-state index contributed by atoms with van der Waals surface area (Å²) in [4.78, 5) is 12.9. The van der Waals surface area contributed by atoms with E-state index in [1.165, 1.54) is 7.11 Å². The van der Waals surface area contributed by atoms with Gasteiger partial charge in [-0.1, -0.05) is 20.8 Å². The molecule has 1 N–H and O–H groups in total. The molecule has 0 saturated carbocycles. The largest absolute Gasteiger partial charge is 0.480 e. The molecule has 0 amide bonds. The third-order valence-corrected chi connectivity index (χ3v) is 3.18. The van der Waals surface area contributed by atoms with E-state index in [9.17, 15) is 4.79 Å². The topological polar surface area (TPSA) is 49.8 Å². The Kier molecular flexibility index (Phi) is 3.73. The van der Waals surface area contributed by atoms with Crippen LogP contribution in [0.3, 0.4) is 0 Å². The van der Waals surface area contributed by atoms with Crippen LogP contribution in [0.2, 0.25) is 0 Å². The molecule has 0 spiro atoms. The fourth-order valence-electron chi connectivity index (χ4n) is 1.81. The Morgan fingerprint density at radius 2 is 2.07 bits per heavy atom. The van der Waals surface area contributed by atoms with Crippen molar-refractivity contribution in [1.82, 2.24) is 4.90 Å². The van der Waals surface area contributed by atoms with Crippen LogP contribution in [0.1, 0.15) is 20.8 Å². The summed E-state index contributed by atoms with van der Waals surface area (Å²) in [5.74, 6) is -0.194. The summed E-state index contributed by atoms with van der Waals surface area (Å²) in [6.45, 7) is 8.59. The van der Waals surface area contributed by atoms with Crippen molar-refractivity contribution in [2.45, 2.75) is 26.8 Å². The first-order valence-corrected chi connectivity index (χ1v) is 5.32. The third kappa shape index (κ3) is 2.92. The second-order valence-corrected chi connectivity index (χ2v) is 5.33. The van der Waals surface area contributed by atoms with Gasteiger partial charge in [-0.15, -0.1) is 0 Å². The van der Waals surface area contributed by atoms with Gasteiger partial charge in [0.15, 0.2) is 0 Å². The van der Waals surface area contributed by atoms with Gasteiger partial charge in [-0.05, 0) is 11.3 Å². The maximum atomic E-state index is 11.0. The van der Waals surface area contributed by atoms with Crippen molar-refractivity contribution in [2.75, 3.05) is 26.8 Å². The standard InChI is InChI=1S/C11H21NO3/c1-11(2,3)8-5-12(6-8)9(7-15-4)10(13)14/h8-9H,5-7H2,1-4H3,(H,13,14). The molecule has 1 aliphatic rings. The monoisotopic (exact) mass is 215 g/mol. The van der Waals surface area contributed by atoms with E-state index >= 15 is 0 Å². The van der Waals surface area contributed by atoms with Crippen molar-refractivity contribution >= 4 is 5.97 Å². The maximum absolute atomic E-state index is 11.0. The molecule has 0 aliphatic carbocycles. The average molecular weight is 215 g/mol. The molecule has 0 radical (unpaired) electrons. The van der Waals surface area contributed by atoms with Gasteiger partial charge < -0.3 is 9.84 Å². The van der Waals surface area contributed by atoms with E-state index in [-0.39, 0.29) is 12.0 Å². The first-order chi connectivity index (χ1) is 6.86. The number of ether oxygens (including phenoxy) is 1.